The van der Waals surface area contributed by atoms with E-state index < -0.39 is 17.9 Å². The number of hydrogen-bond acceptors (Lipinski definition) is 5. The molecule has 0 bridgehead atoms. The molecule has 1 aromatic carbocycles. The van der Waals surface area contributed by atoms with Crippen LogP contribution in [0.3, 0.4) is 0 Å². The topological polar surface area (TPSA) is 89.2 Å². The minimum atomic E-state index is -1.10. The number of carboxylic acid groups (broad SMARTS) is 1. The first-order valence-electron chi connectivity index (χ1n) is 6.80. The molecule has 0 radical (unpaired) electrons. The number of fused-ring (bicyclic) bond motifs is 1. The van der Waals surface area contributed by atoms with Gasteiger partial charge in [0.25, 0.3) is 5.91 Å². The molecular weight excluding hydrogens is 290 g/mol. The highest BCUT2D eigenvalue weighted by atomic mass is 16.5. The van der Waals surface area contributed by atoms with Gasteiger partial charge in [-0.2, -0.15) is 0 Å². The predicted octanol–water partition coefficient (Wildman–Crippen LogP) is 1.37. The number of morpholine rings is 1. The number of aliphatic carboxylic acids is 1. The number of furan rings is 1. The monoisotopic (exact) mass is 305 g/mol. The summed E-state index contributed by atoms with van der Waals surface area (Å²) < 4.78 is 15.9. The van der Waals surface area contributed by atoms with Crippen LogP contribution in [0, 0.1) is 0 Å². The standard InChI is InChI=1S/C15H15NO6/c1-20-11-4-2-3-9-7-12(22-13(9)11)14(17)16-5-6-21-8-10(16)15(18)19/h2-4,7,10H,5-6,8H2,1H3,(H,18,19). The molecule has 0 aliphatic carbocycles. The van der Waals surface area contributed by atoms with Crippen LogP contribution >= 0.6 is 0 Å². The SMILES string of the molecule is COc1cccc2cc(C(=O)N3CCOCC3C(=O)O)oc12. The smallest absolute Gasteiger partial charge is 0.328 e. The van der Waals surface area contributed by atoms with Gasteiger partial charge < -0.3 is 23.9 Å². The van der Waals surface area contributed by atoms with E-state index in [1.54, 1.807) is 24.3 Å². The Bertz CT molecular complexity index is 722. The highest BCUT2D eigenvalue weighted by Crippen LogP contribution is 2.29. The quantitative estimate of drug-likeness (QED) is 0.921. The Kier molecular flexibility index (Phi) is 3.72. The van der Waals surface area contributed by atoms with Gasteiger partial charge in [0, 0.05) is 11.9 Å². The summed E-state index contributed by atoms with van der Waals surface area (Å²) in [6.07, 6.45) is 0. The fourth-order valence-electron chi connectivity index (χ4n) is 2.50. The summed E-state index contributed by atoms with van der Waals surface area (Å²) in [5, 5.41) is 9.93. The molecule has 116 valence electrons. The maximum absolute atomic E-state index is 12.6. The second-order valence-electron chi connectivity index (χ2n) is 4.92. The Labute approximate surface area is 126 Å². The fraction of sp³-hybridized carbons (Fsp3) is 0.333. The molecule has 1 aliphatic heterocycles. The van der Waals surface area contributed by atoms with Crippen molar-refractivity contribution >= 4 is 22.8 Å². The number of carboxylic acids is 1. The lowest BCUT2D eigenvalue weighted by Gasteiger charge is -2.32. The van der Waals surface area contributed by atoms with Gasteiger partial charge in [-0.1, -0.05) is 12.1 Å². The van der Waals surface area contributed by atoms with Crippen molar-refractivity contribution in [2.24, 2.45) is 0 Å². The average Bonchev–Trinajstić information content (AvgIpc) is 2.98. The minimum absolute atomic E-state index is 0.0232. The maximum atomic E-state index is 12.6. The summed E-state index contributed by atoms with van der Waals surface area (Å²) in [5.74, 6) is -0.948. The molecule has 22 heavy (non-hydrogen) atoms. The van der Waals surface area contributed by atoms with Crippen LogP contribution in [-0.2, 0) is 9.53 Å². The first-order valence-corrected chi connectivity index (χ1v) is 6.80. The molecule has 1 unspecified atom stereocenters. The van der Waals surface area contributed by atoms with Crippen LogP contribution < -0.4 is 4.74 Å². The number of nitrogens with zero attached hydrogens (tertiary/aromatic N) is 1. The second-order valence-corrected chi connectivity index (χ2v) is 4.92. The molecule has 0 spiro atoms. The van der Waals surface area contributed by atoms with Gasteiger partial charge in [-0.25, -0.2) is 4.79 Å². The second kappa shape index (κ2) is 5.69. The summed E-state index contributed by atoms with van der Waals surface area (Å²) in [6, 6.07) is 5.91. The van der Waals surface area contributed by atoms with Gasteiger partial charge in [0.1, 0.15) is 0 Å². The molecule has 1 saturated heterocycles. The van der Waals surface area contributed by atoms with E-state index in [1.807, 2.05) is 0 Å². The van der Waals surface area contributed by atoms with Gasteiger partial charge in [-0.05, 0) is 12.1 Å². The Morgan fingerprint density at radius 1 is 1.41 bits per heavy atom. The number of amides is 1. The first kappa shape index (κ1) is 14.4. The Hall–Kier alpha value is -2.54. The molecule has 0 saturated carbocycles. The van der Waals surface area contributed by atoms with E-state index in [0.717, 1.165) is 5.39 Å². The molecule has 7 nitrogen and oxygen atoms in total. The molecule has 7 heteroatoms. The average molecular weight is 305 g/mol. The van der Waals surface area contributed by atoms with Crippen molar-refractivity contribution in [3.63, 3.8) is 0 Å². The summed E-state index contributed by atoms with van der Waals surface area (Å²) in [7, 11) is 1.52. The van der Waals surface area contributed by atoms with E-state index in [0.29, 0.717) is 17.9 Å². The van der Waals surface area contributed by atoms with Gasteiger partial charge in [-0.15, -0.1) is 0 Å². The van der Waals surface area contributed by atoms with Crippen LogP contribution in [0.15, 0.2) is 28.7 Å². The Morgan fingerprint density at radius 2 is 2.23 bits per heavy atom. The van der Waals surface area contributed by atoms with Crippen molar-refractivity contribution in [3.8, 4) is 5.75 Å². The van der Waals surface area contributed by atoms with Crippen molar-refractivity contribution in [2.45, 2.75) is 6.04 Å². The Morgan fingerprint density at radius 3 is 2.95 bits per heavy atom. The molecule has 1 N–H and O–H groups in total. The van der Waals surface area contributed by atoms with Crippen molar-refractivity contribution in [1.82, 2.24) is 4.90 Å². The third kappa shape index (κ3) is 2.39. The third-order valence-electron chi connectivity index (χ3n) is 3.61. The van der Waals surface area contributed by atoms with Crippen LogP contribution in [-0.4, -0.2) is 54.8 Å². The van der Waals surface area contributed by atoms with E-state index in [4.69, 9.17) is 13.9 Å². The molecule has 2 heterocycles. The van der Waals surface area contributed by atoms with Crippen LogP contribution in [0.2, 0.25) is 0 Å². The highest BCUT2D eigenvalue weighted by molar-refractivity contribution is 5.99. The van der Waals surface area contributed by atoms with Crippen LogP contribution in [0.25, 0.3) is 11.0 Å². The van der Waals surface area contributed by atoms with Gasteiger partial charge in [0.2, 0.25) is 0 Å². The summed E-state index contributed by atoms with van der Waals surface area (Å²) in [4.78, 5) is 25.1. The van der Waals surface area contributed by atoms with E-state index in [2.05, 4.69) is 0 Å². The van der Waals surface area contributed by atoms with Gasteiger partial charge in [-0.3, -0.25) is 4.79 Å². The predicted molar refractivity (Wildman–Crippen MR) is 76.0 cm³/mol. The minimum Gasteiger partial charge on any atom is -0.493 e. The zero-order valence-electron chi connectivity index (χ0n) is 11.9. The zero-order chi connectivity index (χ0) is 15.7. The van der Waals surface area contributed by atoms with Gasteiger partial charge in [0.15, 0.2) is 23.1 Å². The Balaban J connectivity index is 1.96. The van der Waals surface area contributed by atoms with Gasteiger partial charge in [0.05, 0.1) is 20.3 Å². The molecule has 1 aliphatic rings. The number of rotatable bonds is 3. The lowest BCUT2D eigenvalue weighted by Crippen LogP contribution is -2.52. The lowest BCUT2D eigenvalue weighted by atomic mass is 10.2. The highest BCUT2D eigenvalue weighted by Gasteiger charge is 2.34. The lowest BCUT2D eigenvalue weighted by molar-refractivity contribution is -0.147. The van der Waals surface area contributed by atoms with Crippen LogP contribution in [0.4, 0.5) is 0 Å². The van der Waals surface area contributed by atoms with Crippen molar-refractivity contribution in [3.05, 3.63) is 30.0 Å². The molecule has 1 amide bonds. The number of carbonyl (C=O) groups is 2. The van der Waals surface area contributed by atoms with Crippen LogP contribution in [0.1, 0.15) is 10.6 Å². The largest absolute Gasteiger partial charge is 0.493 e. The summed E-state index contributed by atoms with van der Waals surface area (Å²) in [6.45, 7) is 0.494. The molecule has 1 aromatic heterocycles. The number of benzene rings is 1. The molecule has 1 fully saturated rings. The van der Waals surface area contributed by atoms with E-state index in [9.17, 15) is 14.7 Å². The van der Waals surface area contributed by atoms with Gasteiger partial charge >= 0.3 is 5.97 Å². The first-order chi connectivity index (χ1) is 10.6. The number of hydrogen-bond donors (Lipinski definition) is 1. The van der Waals surface area contributed by atoms with E-state index >= 15 is 0 Å². The number of methoxy groups -OCH3 is 1. The molecule has 3 rings (SSSR count). The van der Waals surface area contributed by atoms with E-state index in [-0.39, 0.29) is 18.9 Å². The summed E-state index contributed by atoms with van der Waals surface area (Å²) >= 11 is 0. The van der Waals surface area contributed by atoms with Crippen molar-refractivity contribution < 1.29 is 28.6 Å². The normalized spacial score (nSPS) is 18.4. The molecule has 2 aromatic rings. The molecular formula is C15H15NO6. The maximum Gasteiger partial charge on any atom is 0.328 e. The van der Waals surface area contributed by atoms with E-state index in [1.165, 1.54) is 12.0 Å². The summed E-state index contributed by atoms with van der Waals surface area (Å²) in [5.41, 5.74) is 0.466. The third-order valence-corrected chi connectivity index (χ3v) is 3.61. The number of para-hydroxylation sites is 1. The molecule has 1 atom stereocenters. The van der Waals surface area contributed by atoms with Crippen molar-refractivity contribution in [1.29, 1.82) is 0 Å². The van der Waals surface area contributed by atoms with Crippen LogP contribution in [0.5, 0.6) is 5.75 Å². The zero-order valence-corrected chi connectivity index (χ0v) is 11.9. The fourth-order valence-corrected chi connectivity index (χ4v) is 2.50. The number of ether oxygens (including phenoxy) is 2. The number of carbonyl (C=O) groups excluding carboxylic acids is 1. The van der Waals surface area contributed by atoms with Crippen molar-refractivity contribution in [2.75, 3.05) is 26.9 Å².